The number of carbonyl (C=O) groups excluding carboxylic acids is 1. The fourth-order valence-corrected chi connectivity index (χ4v) is 1.12. The first-order valence-corrected chi connectivity index (χ1v) is 5.25. The Hall–Kier alpha value is -0.570. The lowest BCUT2D eigenvalue weighted by molar-refractivity contribution is -0.172. The SMILES string of the molecule is CCCCOC(=O)C(C)(C)OC(C)C. The number of esters is 1. The summed E-state index contributed by atoms with van der Waals surface area (Å²) < 4.78 is 10.5. The molecule has 0 rings (SSSR count). The van der Waals surface area contributed by atoms with Gasteiger partial charge in [-0.15, -0.1) is 0 Å². The summed E-state index contributed by atoms with van der Waals surface area (Å²) in [6.07, 6.45) is 1.96. The molecular formula is C11H22O3. The molecule has 0 aliphatic rings. The number of rotatable bonds is 6. The van der Waals surface area contributed by atoms with Crippen LogP contribution >= 0.6 is 0 Å². The molecular weight excluding hydrogens is 180 g/mol. The van der Waals surface area contributed by atoms with Crippen LogP contribution in [0.15, 0.2) is 0 Å². The molecule has 84 valence electrons. The van der Waals surface area contributed by atoms with Gasteiger partial charge in [-0.3, -0.25) is 0 Å². The molecule has 0 aromatic carbocycles. The minimum absolute atomic E-state index is 0.0312. The molecule has 0 bridgehead atoms. The van der Waals surface area contributed by atoms with Crippen LogP contribution < -0.4 is 0 Å². The van der Waals surface area contributed by atoms with Crippen LogP contribution in [0.25, 0.3) is 0 Å². The zero-order chi connectivity index (χ0) is 11.2. The third-order valence-corrected chi connectivity index (χ3v) is 1.75. The number of carbonyl (C=O) groups is 1. The highest BCUT2D eigenvalue weighted by atomic mass is 16.6. The Morgan fingerprint density at radius 3 is 2.36 bits per heavy atom. The molecule has 0 aliphatic carbocycles. The van der Waals surface area contributed by atoms with E-state index < -0.39 is 5.60 Å². The van der Waals surface area contributed by atoms with E-state index in [4.69, 9.17) is 9.47 Å². The molecule has 14 heavy (non-hydrogen) atoms. The standard InChI is InChI=1S/C11H22O3/c1-6-7-8-13-10(12)11(4,5)14-9(2)3/h9H,6-8H2,1-5H3. The second-order valence-corrected chi connectivity index (χ2v) is 4.17. The molecule has 0 amide bonds. The van der Waals surface area contributed by atoms with Crippen LogP contribution in [0, 0.1) is 0 Å². The summed E-state index contributed by atoms with van der Waals surface area (Å²) >= 11 is 0. The van der Waals surface area contributed by atoms with Crippen molar-refractivity contribution >= 4 is 5.97 Å². The van der Waals surface area contributed by atoms with Gasteiger partial charge in [0.25, 0.3) is 0 Å². The minimum Gasteiger partial charge on any atom is -0.464 e. The van der Waals surface area contributed by atoms with Gasteiger partial charge in [-0.2, -0.15) is 0 Å². The van der Waals surface area contributed by atoms with Gasteiger partial charge in [-0.1, -0.05) is 13.3 Å². The minimum atomic E-state index is -0.831. The van der Waals surface area contributed by atoms with Gasteiger partial charge in [0, 0.05) is 0 Å². The normalized spacial score (nSPS) is 11.9. The van der Waals surface area contributed by atoms with Gasteiger partial charge in [0.2, 0.25) is 0 Å². The van der Waals surface area contributed by atoms with Gasteiger partial charge in [0.05, 0.1) is 12.7 Å². The summed E-state index contributed by atoms with van der Waals surface area (Å²) in [5.41, 5.74) is -0.831. The van der Waals surface area contributed by atoms with Gasteiger partial charge in [0.1, 0.15) is 0 Å². The third-order valence-electron chi connectivity index (χ3n) is 1.75. The number of unbranched alkanes of at least 4 members (excludes halogenated alkanes) is 1. The van der Waals surface area contributed by atoms with Gasteiger partial charge >= 0.3 is 5.97 Å². The summed E-state index contributed by atoms with van der Waals surface area (Å²) in [7, 11) is 0. The van der Waals surface area contributed by atoms with Crippen molar-refractivity contribution in [2.45, 2.75) is 59.2 Å². The van der Waals surface area contributed by atoms with Crippen LogP contribution in [0.3, 0.4) is 0 Å². The maximum absolute atomic E-state index is 11.5. The first kappa shape index (κ1) is 13.4. The highest BCUT2D eigenvalue weighted by Crippen LogP contribution is 2.14. The van der Waals surface area contributed by atoms with Crippen LogP contribution in [-0.4, -0.2) is 24.3 Å². The van der Waals surface area contributed by atoms with Crippen molar-refractivity contribution in [3.63, 3.8) is 0 Å². The first-order chi connectivity index (χ1) is 6.40. The van der Waals surface area contributed by atoms with Crippen LogP contribution in [0.5, 0.6) is 0 Å². The lowest BCUT2D eigenvalue weighted by Gasteiger charge is -2.25. The van der Waals surface area contributed by atoms with Crippen LogP contribution in [0.1, 0.15) is 47.5 Å². The highest BCUT2D eigenvalue weighted by Gasteiger charge is 2.31. The van der Waals surface area contributed by atoms with Gasteiger partial charge in [0.15, 0.2) is 5.60 Å². The van der Waals surface area contributed by atoms with Gasteiger partial charge < -0.3 is 9.47 Å². The predicted molar refractivity (Wildman–Crippen MR) is 56.2 cm³/mol. The summed E-state index contributed by atoms with van der Waals surface area (Å²) in [6, 6.07) is 0. The maximum atomic E-state index is 11.5. The van der Waals surface area contributed by atoms with Crippen molar-refractivity contribution in [1.82, 2.24) is 0 Å². The molecule has 3 heteroatoms. The quantitative estimate of drug-likeness (QED) is 0.490. The van der Waals surface area contributed by atoms with Crippen molar-refractivity contribution < 1.29 is 14.3 Å². The Bertz CT molecular complexity index is 173. The number of hydrogen-bond acceptors (Lipinski definition) is 3. The zero-order valence-corrected chi connectivity index (χ0v) is 9.92. The summed E-state index contributed by atoms with van der Waals surface area (Å²) in [5, 5.41) is 0. The molecule has 0 fully saturated rings. The third kappa shape index (κ3) is 5.22. The fraction of sp³-hybridized carbons (Fsp3) is 0.909. The average Bonchev–Trinajstić information content (AvgIpc) is 2.02. The van der Waals surface area contributed by atoms with E-state index in [0.717, 1.165) is 12.8 Å². The summed E-state index contributed by atoms with van der Waals surface area (Å²) in [4.78, 5) is 11.5. The van der Waals surface area contributed by atoms with E-state index in [1.165, 1.54) is 0 Å². The molecule has 0 unspecified atom stereocenters. The zero-order valence-electron chi connectivity index (χ0n) is 9.92. The van der Waals surface area contributed by atoms with E-state index >= 15 is 0 Å². The molecule has 0 radical (unpaired) electrons. The van der Waals surface area contributed by atoms with Gasteiger partial charge in [-0.05, 0) is 34.1 Å². The van der Waals surface area contributed by atoms with E-state index in [-0.39, 0.29) is 12.1 Å². The van der Waals surface area contributed by atoms with E-state index in [0.29, 0.717) is 6.61 Å². The molecule has 0 aromatic heterocycles. The van der Waals surface area contributed by atoms with Crippen molar-refractivity contribution in [1.29, 1.82) is 0 Å². The smallest absolute Gasteiger partial charge is 0.337 e. The summed E-state index contributed by atoms with van der Waals surface area (Å²) in [5.74, 6) is -0.278. The van der Waals surface area contributed by atoms with Crippen LogP contribution in [0.4, 0.5) is 0 Å². The Balaban J connectivity index is 3.95. The van der Waals surface area contributed by atoms with Crippen LogP contribution in [-0.2, 0) is 14.3 Å². The lowest BCUT2D eigenvalue weighted by Crippen LogP contribution is -2.39. The second kappa shape index (κ2) is 6.02. The first-order valence-electron chi connectivity index (χ1n) is 5.25. The van der Waals surface area contributed by atoms with Crippen molar-refractivity contribution in [2.75, 3.05) is 6.61 Å². The Morgan fingerprint density at radius 1 is 1.36 bits per heavy atom. The molecule has 0 atom stereocenters. The Kier molecular flexibility index (Phi) is 5.77. The molecule has 0 spiro atoms. The second-order valence-electron chi connectivity index (χ2n) is 4.17. The Labute approximate surface area is 86.8 Å². The number of hydrogen-bond donors (Lipinski definition) is 0. The molecule has 0 aromatic rings. The van der Waals surface area contributed by atoms with Crippen molar-refractivity contribution in [3.05, 3.63) is 0 Å². The topological polar surface area (TPSA) is 35.5 Å². The summed E-state index contributed by atoms with van der Waals surface area (Å²) in [6.45, 7) is 9.83. The molecule has 0 N–H and O–H groups in total. The molecule has 0 aliphatic heterocycles. The fourth-order valence-electron chi connectivity index (χ4n) is 1.12. The van der Waals surface area contributed by atoms with E-state index in [2.05, 4.69) is 6.92 Å². The highest BCUT2D eigenvalue weighted by molar-refractivity contribution is 5.78. The van der Waals surface area contributed by atoms with E-state index in [9.17, 15) is 4.79 Å². The van der Waals surface area contributed by atoms with Crippen molar-refractivity contribution in [2.24, 2.45) is 0 Å². The van der Waals surface area contributed by atoms with Gasteiger partial charge in [-0.25, -0.2) is 4.79 Å². The molecule has 0 saturated heterocycles. The lowest BCUT2D eigenvalue weighted by atomic mass is 10.1. The Morgan fingerprint density at radius 2 is 1.93 bits per heavy atom. The monoisotopic (exact) mass is 202 g/mol. The molecule has 3 nitrogen and oxygen atoms in total. The van der Waals surface area contributed by atoms with E-state index in [1.54, 1.807) is 13.8 Å². The van der Waals surface area contributed by atoms with E-state index in [1.807, 2.05) is 13.8 Å². The largest absolute Gasteiger partial charge is 0.464 e. The average molecular weight is 202 g/mol. The molecule has 0 saturated carbocycles. The predicted octanol–water partition coefficient (Wildman–Crippen LogP) is 2.53. The number of ether oxygens (including phenoxy) is 2. The maximum Gasteiger partial charge on any atom is 0.337 e. The molecule has 0 heterocycles. The van der Waals surface area contributed by atoms with Crippen molar-refractivity contribution in [3.8, 4) is 0 Å². The van der Waals surface area contributed by atoms with Crippen LogP contribution in [0.2, 0.25) is 0 Å².